The van der Waals surface area contributed by atoms with Crippen molar-refractivity contribution in [3.8, 4) is 9.88 Å². The number of nitrogens with zero attached hydrogens (tertiary/aromatic N) is 1. The molecule has 74 valence electrons. The zero-order valence-electron chi connectivity index (χ0n) is 7.80. The highest BCUT2D eigenvalue weighted by Gasteiger charge is 2.09. The molecule has 2 rings (SSSR count). The summed E-state index contributed by atoms with van der Waals surface area (Å²) in [4.78, 5) is 5.60. The predicted octanol–water partition coefficient (Wildman–Crippen LogP) is 3.88. The topological polar surface area (TPSA) is 24.9 Å². The highest BCUT2D eigenvalue weighted by molar-refractivity contribution is 7.25. The number of anilines is 1. The second kappa shape index (κ2) is 3.88. The fraction of sp³-hybridized carbons (Fsp3) is 0.222. The van der Waals surface area contributed by atoms with Gasteiger partial charge in [0.2, 0.25) is 0 Å². The number of aryl methyl sites for hydroxylation is 1. The average molecular weight is 245 g/mol. The van der Waals surface area contributed by atoms with Gasteiger partial charge in [0.25, 0.3) is 0 Å². The van der Waals surface area contributed by atoms with Crippen LogP contribution in [0.15, 0.2) is 12.1 Å². The van der Waals surface area contributed by atoms with Gasteiger partial charge in [0, 0.05) is 7.05 Å². The van der Waals surface area contributed by atoms with Crippen molar-refractivity contribution in [3.05, 3.63) is 22.2 Å². The summed E-state index contributed by atoms with van der Waals surface area (Å²) < 4.78 is 0.805. The Morgan fingerprint density at radius 2 is 2.14 bits per heavy atom. The maximum Gasteiger partial charge on any atom is 0.135 e. The molecule has 0 amide bonds. The summed E-state index contributed by atoms with van der Waals surface area (Å²) in [5, 5.41) is 5.27. The van der Waals surface area contributed by atoms with Gasteiger partial charge in [0.05, 0.1) is 14.9 Å². The first-order valence-corrected chi connectivity index (χ1v) is 6.12. The number of hydrogen-bond donors (Lipinski definition) is 1. The van der Waals surface area contributed by atoms with Crippen LogP contribution in [0.1, 0.15) is 5.69 Å². The van der Waals surface area contributed by atoms with Gasteiger partial charge in [-0.15, -0.1) is 11.3 Å². The van der Waals surface area contributed by atoms with E-state index in [0.29, 0.717) is 0 Å². The third-order valence-corrected chi connectivity index (χ3v) is 4.38. The fourth-order valence-corrected chi connectivity index (χ4v) is 3.18. The Bertz CT molecular complexity index is 447. The first-order valence-electron chi connectivity index (χ1n) is 4.11. The SMILES string of the molecule is CNc1sc(-c2ccc(Cl)s2)nc1C. The van der Waals surface area contributed by atoms with Gasteiger partial charge in [-0.1, -0.05) is 22.9 Å². The summed E-state index contributed by atoms with van der Waals surface area (Å²) in [5.74, 6) is 0. The average Bonchev–Trinajstić information content (AvgIpc) is 2.71. The molecule has 0 bridgehead atoms. The molecule has 2 heterocycles. The molecule has 0 aliphatic heterocycles. The van der Waals surface area contributed by atoms with Gasteiger partial charge in [0.15, 0.2) is 0 Å². The summed E-state index contributed by atoms with van der Waals surface area (Å²) >= 11 is 9.08. The smallest absolute Gasteiger partial charge is 0.135 e. The van der Waals surface area contributed by atoms with E-state index >= 15 is 0 Å². The Morgan fingerprint density at radius 1 is 1.36 bits per heavy atom. The van der Waals surface area contributed by atoms with E-state index in [0.717, 1.165) is 24.9 Å². The summed E-state index contributed by atoms with van der Waals surface area (Å²) in [6, 6.07) is 3.90. The standard InChI is InChI=1S/C9H9ClN2S2/c1-5-8(11-2)14-9(12-5)6-3-4-7(10)13-6/h3-4,11H,1-2H3. The molecule has 0 unspecified atom stereocenters. The molecule has 0 saturated heterocycles. The lowest BCUT2D eigenvalue weighted by Crippen LogP contribution is -1.85. The van der Waals surface area contributed by atoms with Gasteiger partial charge in [-0.25, -0.2) is 4.98 Å². The summed E-state index contributed by atoms with van der Waals surface area (Å²) in [7, 11) is 1.91. The number of thiophene rings is 1. The van der Waals surface area contributed by atoms with Crippen molar-refractivity contribution in [1.29, 1.82) is 0 Å². The van der Waals surface area contributed by atoms with Crippen LogP contribution in [-0.2, 0) is 0 Å². The number of hydrogen-bond acceptors (Lipinski definition) is 4. The zero-order valence-corrected chi connectivity index (χ0v) is 10.2. The number of aromatic nitrogens is 1. The van der Waals surface area contributed by atoms with Crippen molar-refractivity contribution in [2.75, 3.05) is 12.4 Å². The van der Waals surface area contributed by atoms with E-state index in [1.807, 2.05) is 26.1 Å². The molecule has 0 radical (unpaired) electrons. The molecule has 1 N–H and O–H groups in total. The Morgan fingerprint density at radius 3 is 2.64 bits per heavy atom. The zero-order chi connectivity index (χ0) is 10.1. The highest BCUT2D eigenvalue weighted by Crippen LogP contribution is 2.36. The second-order valence-electron chi connectivity index (χ2n) is 2.79. The van der Waals surface area contributed by atoms with Gasteiger partial charge in [-0.3, -0.25) is 0 Å². The van der Waals surface area contributed by atoms with E-state index in [2.05, 4.69) is 10.3 Å². The lowest BCUT2D eigenvalue weighted by molar-refractivity contribution is 1.26. The van der Waals surface area contributed by atoms with Crippen LogP contribution in [0.2, 0.25) is 4.34 Å². The van der Waals surface area contributed by atoms with Crippen molar-refractivity contribution in [1.82, 2.24) is 4.98 Å². The number of thiazole rings is 1. The number of nitrogens with one attached hydrogen (secondary N) is 1. The van der Waals surface area contributed by atoms with Crippen LogP contribution in [0, 0.1) is 6.92 Å². The maximum absolute atomic E-state index is 5.87. The van der Waals surface area contributed by atoms with E-state index in [9.17, 15) is 0 Å². The largest absolute Gasteiger partial charge is 0.378 e. The molecule has 0 aromatic carbocycles. The third-order valence-electron chi connectivity index (χ3n) is 1.81. The molecule has 0 atom stereocenters. The van der Waals surface area contributed by atoms with Crippen LogP contribution in [0.25, 0.3) is 9.88 Å². The summed E-state index contributed by atoms with van der Waals surface area (Å²) in [6.45, 7) is 2.00. The van der Waals surface area contributed by atoms with E-state index in [1.54, 1.807) is 22.7 Å². The molecule has 0 saturated carbocycles. The van der Waals surface area contributed by atoms with Crippen LogP contribution < -0.4 is 5.32 Å². The predicted molar refractivity (Wildman–Crippen MR) is 64.7 cm³/mol. The van der Waals surface area contributed by atoms with Crippen molar-refractivity contribution < 1.29 is 0 Å². The van der Waals surface area contributed by atoms with Crippen LogP contribution in [0.3, 0.4) is 0 Å². The molecule has 0 aliphatic rings. The molecule has 0 spiro atoms. The van der Waals surface area contributed by atoms with Gasteiger partial charge in [-0.05, 0) is 19.1 Å². The molecule has 5 heteroatoms. The number of rotatable bonds is 2. The minimum absolute atomic E-state index is 0.805. The lowest BCUT2D eigenvalue weighted by Gasteiger charge is -1.90. The van der Waals surface area contributed by atoms with Gasteiger partial charge in [-0.2, -0.15) is 0 Å². The first-order chi connectivity index (χ1) is 6.70. The normalized spacial score (nSPS) is 10.5. The van der Waals surface area contributed by atoms with Gasteiger partial charge >= 0.3 is 0 Å². The molecule has 0 fully saturated rings. The summed E-state index contributed by atoms with van der Waals surface area (Å²) in [6.07, 6.45) is 0. The summed E-state index contributed by atoms with van der Waals surface area (Å²) in [5.41, 5.74) is 1.04. The van der Waals surface area contributed by atoms with Crippen LogP contribution in [0.4, 0.5) is 5.00 Å². The second-order valence-corrected chi connectivity index (χ2v) is 5.50. The highest BCUT2D eigenvalue weighted by atomic mass is 35.5. The van der Waals surface area contributed by atoms with Crippen LogP contribution in [0.5, 0.6) is 0 Å². The first kappa shape index (κ1) is 9.96. The fourth-order valence-electron chi connectivity index (χ4n) is 1.16. The molecule has 2 nitrogen and oxygen atoms in total. The molecular weight excluding hydrogens is 236 g/mol. The van der Waals surface area contributed by atoms with Crippen LogP contribution in [-0.4, -0.2) is 12.0 Å². The van der Waals surface area contributed by atoms with Crippen molar-refractivity contribution >= 4 is 39.3 Å². The van der Waals surface area contributed by atoms with E-state index in [4.69, 9.17) is 11.6 Å². The lowest BCUT2D eigenvalue weighted by atomic mass is 10.5. The number of halogens is 1. The van der Waals surface area contributed by atoms with Gasteiger partial charge < -0.3 is 5.32 Å². The van der Waals surface area contributed by atoms with E-state index in [-0.39, 0.29) is 0 Å². The Labute approximate surface area is 95.6 Å². The minimum Gasteiger partial charge on any atom is -0.378 e. The molecule has 2 aromatic rings. The van der Waals surface area contributed by atoms with Crippen molar-refractivity contribution in [2.24, 2.45) is 0 Å². The Hall–Kier alpha value is -0.580. The minimum atomic E-state index is 0.805. The molecule has 0 aliphatic carbocycles. The quantitative estimate of drug-likeness (QED) is 0.868. The van der Waals surface area contributed by atoms with Crippen LogP contribution >= 0.6 is 34.3 Å². The van der Waals surface area contributed by atoms with Crippen molar-refractivity contribution in [2.45, 2.75) is 6.92 Å². The Kier molecular flexibility index (Phi) is 2.76. The third kappa shape index (κ3) is 1.78. The maximum atomic E-state index is 5.87. The molecule has 2 aromatic heterocycles. The molecular formula is C9H9ClN2S2. The van der Waals surface area contributed by atoms with Gasteiger partial charge in [0.1, 0.15) is 10.0 Å². The van der Waals surface area contributed by atoms with E-state index < -0.39 is 0 Å². The van der Waals surface area contributed by atoms with Crippen molar-refractivity contribution in [3.63, 3.8) is 0 Å². The van der Waals surface area contributed by atoms with E-state index in [1.165, 1.54) is 0 Å². The Balaban J connectivity index is 2.42. The monoisotopic (exact) mass is 244 g/mol. The molecule has 14 heavy (non-hydrogen) atoms.